The summed E-state index contributed by atoms with van der Waals surface area (Å²) in [7, 11) is 0. The van der Waals surface area contributed by atoms with Gasteiger partial charge in [-0.15, -0.1) is 11.8 Å². The van der Waals surface area contributed by atoms with Crippen LogP contribution >= 0.6 is 11.8 Å². The lowest BCUT2D eigenvalue weighted by Gasteiger charge is -2.07. The van der Waals surface area contributed by atoms with E-state index in [-0.39, 0.29) is 5.69 Å². The standard InChI is InChI=1S/C11H15F2NS/c1-7(2)3-4-15-10-6-8(12)5-9(13)11(10)14/h5-7H,3-4,14H2,1-2H3. The molecule has 0 aliphatic heterocycles. The van der Waals surface area contributed by atoms with Gasteiger partial charge >= 0.3 is 0 Å². The number of hydrogen-bond acceptors (Lipinski definition) is 2. The first-order valence-electron chi connectivity index (χ1n) is 4.88. The van der Waals surface area contributed by atoms with Crippen molar-refractivity contribution in [2.75, 3.05) is 11.5 Å². The van der Waals surface area contributed by atoms with E-state index >= 15 is 0 Å². The summed E-state index contributed by atoms with van der Waals surface area (Å²) in [6.07, 6.45) is 1.00. The van der Waals surface area contributed by atoms with E-state index in [1.165, 1.54) is 17.8 Å². The van der Waals surface area contributed by atoms with Crippen molar-refractivity contribution in [2.45, 2.75) is 25.2 Å². The molecule has 0 radical (unpaired) electrons. The van der Waals surface area contributed by atoms with Crippen LogP contribution in [0.4, 0.5) is 14.5 Å². The minimum absolute atomic E-state index is 0.0464. The second-order valence-corrected chi connectivity index (χ2v) is 4.97. The van der Waals surface area contributed by atoms with Gasteiger partial charge in [-0.2, -0.15) is 0 Å². The Kier molecular flexibility index (Phi) is 4.39. The molecule has 1 aromatic rings. The molecule has 2 N–H and O–H groups in total. The van der Waals surface area contributed by atoms with Gasteiger partial charge in [0.1, 0.15) is 11.6 Å². The predicted octanol–water partition coefficient (Wildman–Crippen LogP) is 3.69. The van der Waals surface area contributed by atoms with Gasteiger partial charge in [-0.1, -0.05) is 13.8 Å². The zero-order chi connectivity index (χ0) is 11.4. The SMILES string of the molecule is CC(C)CCSc1cc(F)cc(F)c1N. The van der Waals surface area contributed by atoms with Crippen molar-refractivity contribution in [3.05, 3.63) is 23.8 Å². The summed E-state index contributed by atoms with van der Waals surface area (Å²) in [6.45, 7) is 4.21. The van der Waals surface area contributed by atoms with Crippen LogP contribution in [0, 0.1) is 17.6 Å². The molecule has 0 bridgehead atoms. The van der Waals surface area contributed by atoms with Crippen LogP contribution in [0.15, 0.2) is 17.0 Å². The molecule has 0 saturated heterocycles. The van der Waals surface area contributed by atoms with Crippen LogP contribution in [0.2, 0.25) is 0 Å². The van der Waals surface area contributed by atoms with Crippen molar-refractivity contribution in [3.63, 3.8) is 0 Å². The van der Waals surface area contributed by atoms with Gasteiger partial charge in [-0.05, 0) is 24.2 Å². The van der Waals surface area contributed by atoms with Gasteiger partial charge in [0.25, 0.3) is 0 Å². The van der Waals surface area contributed by atoms with E-state index in [9.17, 15) is 8.78 Å². The zero-order valence-electron chi connectivity index (χ0n) is 8.89. The summed E-state index contributed by atoms with van der Waals surface area (Å²) in [5.41, 5.74) is 5.55. The fraction of sp³-hybridized carbons (Fsp3) is 0.455. The number of nitrogen functional groups attached to an aromatic ring is 1. The lowest BCUT2D eigenvalue weighted by atomic mass is 10.2. The Morgan fingerprint density at radius 3 is 2.60 bits per heavy atom. The lowest BCUT2D eigenvalue weighted by Crippen LogP contribution is -1.96. The lowest BCUT2D eigenvalue weighted by molar-refractivity contribution is 0.581. The van der Waals surface area contributed by atoms with Gasteiger partial charge in [-0.3, -0.25) is 0 Å². The fourth-order valence-corrected chi connectivity index (χ4v) is 2.34. The van der Waals surface area contributed by atoms with Crippen molar-refractivity contribution in [2.24, 2.45) is 5.92 Å². The van der Waals surface area contributed by atoms with E-state index in [1.54, 1.807) is 0 Å². The Morgan fingerprint density at radius 1 is 1.33 bits per heavy atom. The van der Waals surface area contributed by atoms with Crippen LogP contribution in [-0.4, -0.2) is 5.75 Å². The molecular formula is C11H15F2NS. The summed E-state index contributed by atoms with van der Waals surface area (Å²) in [5.74, 6) is 0.151. The fourth-order valence-electron chi connectivity index (χ4n) is 1.09. The first kappa shape index (κ1) is 12.3. The smallest absolute Gasteiger partial charge is 0.150 e. The average molecular weight is 231 g/mol. The highest BCUT2D eigenvalue weighted by Crippen LogP contribution is 2.29. The van der Waals surface area contributed by atoms with Gasteiger partial charge in [0.15, 0.2) is 0 Å². The maximum absolute atomic E-state index is 13.0. The molecular weight excluding hydrogens is 216 g/mol. The molecule has 1 rings (SSSR count). The number of halogens is 2. The second kappa shape index (κ2) is 5.35. The molecule has 0 spiro atoms. The van der Waals surface area contributed by atoms with Crippen molar-refractivity contribution in [1.82, 2.24) is 0 Å². The Labute approximate surface area is 93.1 Å². The van der Waals surface area contributed by atoms with Crippen LogP contribution in [0.5, 0.6) is 0 Å². The summed E-state index contributed by atoms with van der Waals surface area (Å²) in [6, 6.07) is 2.09. The molecule has 0 unspecified atom stereocenters. The molecule has 4 heteroatoms. The summed E-state index contributed by atoms with van der Waals surface area (Å²) < 4.78 is 25.9. The van der Waals surface area contributed by atoms with Crippen LogP contribution in [0.25, 0.3) is 0 Å². The van der Waals surface area contributed by atoms with Crippen LogP contribution in [0.3, 0.4) is 0 Å². The summed E-state index contributed by atoms with van der Waals surface area (Å²) in [5, 5.41) is 0. The molecule has 0 amide bonds. The monoisotopic (exact) mass is 231 g/mol. The normalized spacial score (nSPS) is 11.0. The molecule has 0 aliphatic carbocycles. The van der Waals surface area contributed by atoms with Crippen LogP contribution in [-0.2, 0) is 0 Å². The highest BCUT2D eigenvalue weighted by Gasteiger charge is 2.08. The molecule has 84 valence electrons. The van der Waals surface area contributed by atoms with Gasteiger partial charge in [0, 0.05) is 11.0 Å². The van der Waals surface area contributed by atoms with Crippen molar-refractivity contribution >= 4 is 17.4 Å². The van der Waals surface area contributed by atoms with E-state index in [0.717, 1.165) is 18.2 Å². The average Bonchev–Trinajstić information content (AvgIpc) is 2.12. The first-order valence-corrected chi connectivity index (χ1v) is 5.86. The molecule has 15 heavy (non-hydrogen) atoms. The summed E-state index contributed by atoms with van der Waals surface area (Å²) >= 11 is 1.40. The summed E-state index contributed by atoms with van der Waals surface area (Å²) in [4.78, 5) is 0.494. The number of anilines is 1. The minimum Gasteiger partial charge on any atom is -0.395 e. The van der Waals surface area contributed by atoms with Crippen LogP contribution in [0.1, 0.15) is 20.3 Å². The molecule has 0 aliphatic rings. The predicted molar refractivity (Wildman–Crippen MR) is 60.9 cm³/mol. The third-order valence-corrected chi connectivity index (χ3v) is 3.10. The minimum atomic E-state index is -0.679. The Balaban J connectivity index is 2.68. The van der Waals surface area contributed by atoms with Gasteiger partial charge in [0.2, 0.25) is 0 Å². The molecule has 0 atom stereocenters. The third kappa shape index (κ3) is 3.70. The molecule has 0 saturated carbocycles. The van der Waals surface area contributed by atoms with Crippen molar-refractivity contribution in [1.29, 1.82) is 0 Å². The van der Waals surface area contributed by atoms with E-state index in [2.05, 4.69) is 13.8 Å². The van der Waals surface area contributed by atoms with E-state index in [0.29, 0.717) is 10.8 Å². The van der Waals surface area contributed by atoms with Gasteiger partial charge < -0.3 is 5.73 Å². The number of thioether (sulfide) groups is 1. The highest BCUT2D eigenvalue weighted by molar-refractivity contribution is 7.99. The van der Waals surface area contributed by atoms with Gasteiger partial charge in [0.05, 0.1) is 5.69 Å². The van der Waals surface area contributed by atoms with Crippen molar-refractivity contribution in [3.8, 4) is 0 Å². The number of nitrogens with two attached hydrogens (primary N) is 1. The number of rotatable bonds is 4. The third-order valence-electron chi connectivity index (χ3n) is 2.01. The maximum atomic E-state index is 13.0. The van der Waals surface area contributed by atoms with Gasteiger partial charge in [-0.25, -0.2) is 8.78 Å². The van der Waals surface area contributed by atoms with E-state index < -0.39 is 11.6 Å². The van der Waals surface area contributed by atoms with Crippen molar-refractivity contribution < 1.29 is 8.78 Å². The zero-order valence-corrected chi connectivity index (χ0v) is 9.70. The largest absolute Gasteiger partial charge is 0.395 e. The quantitative estimate of drug-likeness (QED) is 0.632. The highest BCUT2D eigenvalue weighted by atomic mass is 32.2. The molecule has 0 heterocycles. The van der Waals surface area contributed by atoms with E-state index in [1.807, 2.05) is 0 Å². The first-order chi connectivity index (χ1) is 7.00. The molecule has 0 aromatic heterocycles. The molecule has 0 fully saturated rings. The Morgan fingerprint density at radius 2 is 2.00 bits per heavy atom. The maximum Gasteiger partial charge on any atom is 0.150 e. The number of hydrogen-bond donors (Lipinski definition) is 1. The molecule has 1 aromatic carbocycles. The van der Waals surface area contributed by atoms with Crippen LogP contribution < -0.4 is 5.73 Å². The number of benzene rings is 1. The Hall–Kier alpha value is -0.770. The molecule has 1 nitrogen and oxygen atoms in total. The second-order valence-electron chi connectivity index (χ2n) is 3.83. The Bertz CT molecular complexity index is 340. The topological polar surface area (TPSA) is 26.0 Å². The van der Waals surface area contributed by atoms with E-state index in [4.69, 9.17) is 5.73 Å².